The van der Waals surface area contributed by atoms with Gasteiger partial charge in [-0.15, -0.1) is 0 Å². The highest BCUT2D eigenvalue weighted by Crippen LogP contribution is 2.61. The van der Waals surface area contributed by atoms with E-state index in [0.717, 1.165) is 101 Å². The molecule has 4 aromatic rings. The van der Waals surface area contributed by atoms with E-state index in [2.05, 4.69) is 61.9 Å². The van der Waals surface area contributed by atoms with E-state index in [9.17, 15) is 33.9 Å². The summed E-state index contributed by atoms with van der Waals surface area (Å²) in [5.41, 5.74) is 7.84. The predicted molar refractivity (Wildman–Crippen MR) is 313 cm³/mol. The summed E-state index contributed by atoms with van der Waals surface area (Å²) >= 11 is 0. The van der Waals surface area contributed by atoms with Gasteiger partial charge in [0, 0.05) is 99.8 Å². The van der Waals surface area contributed by atoms with Gasteiger partial charge in [-0.25, -0.2) is 14.6 Å². The lowest BCUT2D eigenvalue weighted by molar-refractivity contribution is -0.172. The van der Waals surface area contributed by atoms with Crippen molar-refractivity contribution in [1.29, 1.82) is 0 Å². The number of pyridine rings is 2. The zero-order chi connectivity index (χ0) is 58.0. The molecule has 10 rings (SSSR count). The van der Waals surface area contributed by atoms with Crippen molar-refractivity contribution in [2.24, 2.45) is 23.2 Å². The number of ketones is 2. The fourth-order valence-corrected chi connectivity index (χ4v) is 14.4. The van der Waals surface area contributed by atoms with Crippen LogP contribution in [-0.2, 0) is 58.7 Å². The molecule has 2 fully saturated rings. The standard InChI is InChI=1S/C66H83N5O11/c1-8-66(78)56-34-58-61-46(37-71(58)62(75)54(56)40-81-63(66)76)33-51-53(39-79-38-41(2)3)59(24-23-57(51)67-61)82-64(77)70-29-27-69(28-30-70)26-12-10-9-11-25-68(7)47-18-15-44(16-19-47)52-36-65(6,35-42(4)72)55(14-13-31-80-43(5)73)50-21-17-45-32-48(74)20-22-49(45)60(50)52/h15-16,18-19,23-24,32-34,41,50,52,55,78H,8-14,17,20-22,25-31,35-40H2,1-7H3/t50?,52?,55-,65?,66-/m0/s1. The number of rotatable bonds is 21. The van der Waals surface area contributed by atoms with E-state index in [1.807, 2.05) is 18.2 Å². The van der Waals surface area contributed by atoms with Gasteiger partial charge in [0.1, 0.15) is 18.1 Å². The molecule has 16 nitrogen and oxygen atoms in total. The number of cyclic esters (lactones) is 1. The fourth-order valence-electron chi connectivity index (χ4n) is 14.4. The molecule has 3 aliphatic carbocycles. The molecule has 5 atom stereocenters. The third kappa shape index (κ3) is 12.1. The molecule has 6 aliphatic rings. The van der Waals surface area contributed by atoms with Crippen LogP contribution in [0.25, 0.3) is 22.3 Å². The third-order valence-electron chi connectivity index (χ3n) is 18.6. The topological polar surface area (TPSA) is 187 Å². The maximum Gasteiger partial charge on any atom is 0.415 e. The Labute approximate surface area is 482 Å². The molecule has 438 valence electrons. The molecule has 1 amide bonds. The first-order chi connectivity index (χ1) is 39.3. The first-order valence-corrected chi connectivity index (χ1v) is 30.2. The Morgan fingerprint density at radius 3 is 2.44 bits per heavy atom. The van der Waals surface area contributed by atoms with Gasteiger partial charge in [0.2, 0.25) is 0 Å². The summed E-state index contributed by atoms with van der Waals surface area (Å²) in [5, 5.41) is 12.1. The van der Waals surface area contributed by atoms with Crippen molar-refractivity contribution >= 4 is 46.2 Å². The average molecular weight is 1120 g/mol. The molecule has 82 heavy (non-hydrogen) atoms. The number of esters is 2. The van der Waals surface area contributed by atoms with E-state index >= 15 is 0 Å². The number of allylic oxidation sites excluding steroid dienone is 4. The normalized spacial score (nSPS) is 23.2. The lowest BCUT2D eigenvalue weighted by Crippen LogP contribution is -2.49. The van der Waals surface area contributed by atoms with Crippen LogP contribution in [-0.4, -0.2) is 114 Å². The van der Waals surface area contributed by atoms with Crippen molar-refractivity contribution in [3.8, 4) is 17.1 Å². The number of carbonyl (C=O) groups is 5. The first kappa shape index (κ1) is 58.7. The van der Waals surface area contributed by atoms with Crippen LogP contribution in [0, 0.1) is 23.2 Å². The lowest BCUT2D eigenvalue weighted by atomic mass is 9.50. The molecule has 0 bridgehead atoms. The number of amides is 1. The van der Waals surface area contributed by atoms with E-state index < -0.39 is 17.7 Å². The monoisotopic (exact) mass is 1120 g/mol. The molecule has 2 aromatic carbocycles. The molecule has 1 N–H and O–H groups in total. The van der Waals surface area contributed by atoms with Crippen LogP contribution in [0.15, 0.2) is 76.1 Å². The number of hydrogen-bond acceptors (Lipinski definition) is 14. The van der Waals surface area contributed by atoms with E-state index in [4.69, 9.17) is 23.9 Å². The number of benzene rings is 2. The van der Waals surface area contributed by atoms with Crippen LogP contribution in [0.1, 0.15) is 159 Å². The Morgan fingerprint density at radius 1 is 0.939 bits per heavy atom. The number of unbranched alkanes of at least 4 members (excludes halogenated alkanes) is 3. The highest BCUT2D eigenvalue weighted by Gasteiger charge is 2.51. The predicted octanol–water partition coefficient (Wildman–Crippen LogP) is 10.5. The van der Waals surface area contributed by atoms with Crippen LogP contribution < -0.4 is 15.2 Å². The number of nitrogens with zero attached hydrogens (tertiary/aromatic N) is 5. The Balaban J connectivity index is 0.717. The van der Waals surface area contributed by atoms with Gasteiger partial charge < -0.3 is 43.2 Å². The van der Waals surface area contributed by atoms with E-state index in [-0.39, 0.29) is 83.6 Å². The highest BCUT2D eigenvalue weighted by atomic mass is 16.6. The van der Waals surface area contributed by atoms with Crippen LogP contribution in [0.4, 0.5) is 10.5 Å². The summed E-state index contributed by atoms with van der Waals surface area (Å²) < 4.78 is 24.6. The van der Waals surface area contributed by atoms with Gasteiger partial charge in [0.15, 0.2) is 11.4 Å². The summed E-state index contributed by atoms with van der Waals surface area (Å²) in [5.74, 6) is 0.831. The van der Waals surface area contributed by atoms with E-state index in [1.165, 1.54) is 34.9 Å². The minimum atomic E-state index is -1.92. The molecule has 1 saturated heterocycles. The summed E-state index contributed by atoms with van der Waals surface area (Å²) in [4.78, 5) is 89.2. The SMILES string of the molecule is CC[C@@]1(O)C(=O)OCc2c1cc1n(c2=O)Cc2cc3c(COCC(C)C)c(OC(=O)N4CCN(CCCCCCN(C)c5ccc(C6CC(C)(CC(C)=O)[C@@H](CCCOC(C)=O)C7CCC8=CC(=O)CCC8=C67)cc5)CC4)ccc3nc2-1. The molecule has 16 heteroatoms. The number of fused-ring (bicyclic) bond motifs is 7. The number of aromatic nitrogens is 2. The molecule has 0 spiro atoms. The smallest absolute Gasteiger partial charge is 0.415 e. The maximum absolute atomic E-state index is 13.8. The van der Waals surface area contributed by atoms with Gasteiger partial charge in [-0.05, 0) is 154 Å². The van der Waals surface area contributed by atoms with Crippen LogP contribution in [0.5, 0.6) is 5.75 Å². The van der Waals surface area contributed by atoms with Gasteiger partial charge in [0.25, 0.3) is 5.56 Å². The van der Waals surface area contributed by atoms with Crippen LogP contribution in [0.3, 0.4) is 0 Å². The molecule has 2 aromatic heterocycles. The summed E-state index contributed by atoms with van der Waals surface area (Å²) in [6, 6.07) is 16.4. The minimum Gasteiger partial charge on any atom is -0.466 e. The van der Waals surface area contributed by atoms with Gasteiger partial charge in [-0.1, -0.05) is 58.2 Å². The van der Waals surface area contributed by atoms with Gasteiger partial charge >= 0.3 is 18.0 Å². The molecular formula is C66H83N5O11. The zero-order valence-electron chi connectivity index (χ0n) is 49.2. The summed E-state index contributed by atoms with van der Waals surface area (Å²) in [6.45, 7) is 17.0. The second-order valence-electron chi connectivity index (χ2n) is 24.8. The van der Waals surface area contributed by atoms with Gasteiger partial charge in [-0.2, -0.15) is 0 Å². The Morgan fingerprint density at radius 2 is 1.71 bits per heavy atom. The average Bonchev–Trinajstić information content (AvgIpc) is 2.37. The highest BCUT2D eigenvalue weighted by molar-refractivity contribution is 5.93. The molecule has 1 saturated carbocycles. The second kappa shape index (κ2) is 24.8. The number of Topliss-reactive ketones (excluding diaryl/α,β-unsaturated/α-hetero) is 1. The third-order valence-corrected chi connectivity index (χ3v) is 18.6. The number of anilines is 1. The number of ether oxygens (including phenoxy) is 4. The maximum atomic E-state index is 13.8. The van der Waals surface area contributed by atoms with Crippen molar-refractivity contribution in [3.05, 3.63) is 109 Å². The minimum absolute atomic E-state index is 0.0585. The molecule has 0 radical (unpaired) electrons. The van der Waals surface area contributed by atoms with Gasteiger partial charge in [-0.3, -0.25) is 19.3 Å². The molecule has 5 heterocycles. The van der Waals surface area contributed by atoms with Gasteiger partial charge in [0.05, 0.1) is 42.2 Å². The lowest BCUT2D eigenvalue weighted by Gasteiger charge is -2.53. The zero-order valence-corrected chi connectivity index (χ0v) is 49.2. The summed E-state index contributed by atoms with van der Waals surface area (Å²) in [6.07, 6.45) is 12.1. The Bertz CT molecular complexity index is 3240. The Hall–Kier alpha value is -6.49. The molecule has 3 unspecified atom stereocenters. The van der Waals surface area contributed by atoms with Crippen molar-refractivity contribution in [3.63, 3.8) is 0 Å². The molecule has 3 aliphatic heterocycles. The van der Waals surface area contributed by atoms with Crippen LogP contribution in [0.2, 0.25) is 0 Å². The first-order valence-electron chi connectivity index (χ1n) is 30.2. The van der Waals surface area contributed by atoms with Crippen LogP contribution >= 0.6 is 0 Å². The van der Waals surface area contributed by atoms with E-state index in [0.29, 0.717) is 73.3 Å². The van der Waals surface area contributed by atoms with E-state index in [1.54, 1.807) is 35.4 Å². The fraction of sp³-hybridized carbons (Fsp3) is 0.561. The van der Waals surface area contributed by atoms with Crippen molar-refractivity contribution in [2.45, 2.75) is 156 Å². The number of aliphatic hydroxyl groups is 1. The number of carbonyl (C=O) groups excluding carboxylic acids is 5. The second-order valence-corrected chi connectivity index (χ2v) is 24.8. The summed E-state index contributed by atoms with van der Waals surface area (Å²) in [7, 11) is 2.17. The largest absolute Gasteiger partial charge is 0.466 e. The quantitative estimate of drug-likeness (QED) is 0.0540. The van der Waals surface area contributed by atoms with Crippen molar-refractivity contribution in [2.75, 3.05) is 64.4 Å². The number of hydrogen-bond donors (Lipinski definition) is 1. The Kier molecular flexibility index (Phi) is 17.7. The van der Waals surface area contributed by atoms with Crippen molar-refractivity contribution in [1.82, 2.24) is 19.4 Å². The van der Waals surface area contributed by atoms with Crippen molar-refractivity contribution < 1.29 is 48.0 Å². The number of piperazine rings is 1. The molecular weight excluding hydrogens is 1040 g/mol.